The maximum atomic E-state index is 6.02. The van der Waals surface area contributed by atoms with Gasteiger partial charge in [-0.2, -0.15) is 0 Å². The zero-order valence-electron chi connectivity index (χ0n) is 12.4. The van der Waals surface area contributed by atoms with Crippen molar-refractivity contribution in [2.75, 3.05) is 6.26 Å². The number of nitrogens with zero attached hydrogens (tertiary/aromatic N) is 2. The van der Waals surface area contributed by atoms with Crippen LogP contribution >= 0.6 is 11.8 Å². The van der Waals surface area contributed by atoms with E-state index in [1.54, 1.807) is 11.8 Å². The fourth-order valence-corrected chi connectivity index (χ4v) is 2.85. The number of hydrogen-bond donors (Lipinski definition) is 0. The third-order valence-corrected chi connectivity index (χ3v) is 4.30. The van der Waals surface area contributed by atoms with Crippen molar-refractivity contribution in [3.8, 4) is 5.75 Å². The Labute approximate surface area is 129 Å². The molecule has 3 aromatic rings. The molecule has 0 fully saturated rings. The van der Waals surface area contributed by atoms with Gasteiger partial charge < -0.3 is 9.30 Å². The van der Waals surface area contributed by atoms with Gasteiger partial charge in [-0.3, -0.25) is 0 Å². The van der Waals surface area contributed by atoms with Gasteiger partial charge in [-0.05, 0) is 49.6 Å². The van der Waals surface area contributed by atoms with E-state index in [-0.39, 0.29) is 6.10 Å². The summed E-state index contributed by atoms with van der Waals surface area (Å²) >= 11 is 1.73. The quantitative estimate of drug-likeness (QED) is 0.666. The summed E-state index contributed by atoms with van der Waals surface area (Å²) in [5.41, 5.74) is 2.13. The van der Waals surface area contributed by atoms with Gasteiger partial charge in [-0.1, -0.05) is 12.1 Å². The maximum absolute atomic E-state index is 6.02. The lowest BCUT2D eigenvalue weighted by Gasteiger charge is -2.14. The Kier molecular flexibility index (Phi) is 3.88. The zero-order chi connectivity index (χ0) is 14.8. The topological polar surface area (TPSA) is 27.1 Å². The molecule has 1 aromatic heterocycles. The number of para-hydroxylation sites is 2. The standard InChI is InChI=1S/C17H18N2OS/c1-12(20-13-8-10-14(21-3)11-9-13)17-18-15-6-4-5-7-16(15)19(17)2/h4-12H,1-3H3. The molecule has 3 nitrogen and oxygen atoms in total. The van der Waals surface area contributed by atoms with Crippen LogP contribution in [0.4, 0.5) is 0 Å². The Hall–Kier alpha value is -1.94. The van der Waals surface area contributed by atoms with Crippen LogP contribution in [-0.4, -0.2) is 15.8 Å². The van der Waals surface area contributed by atoms with Crippen LogP contribution in [0.25, 0.3) is 11.0 Å². The molecule has 0 amide bonds. The highest BCUT2D eigenvalue weighted by Gasteiger charge is 2.15. The summed E-state index contributed by atoms with van der Waals surface area (Å²) < 4.78 is 8.11. The molecule has 4 heteroatoms. The van der Waals surface area contributed by atoms with Gasteiger partial charge in [0, 0.05) is 11.9 Å². The minimum atomic E-state index is -0.0949. The normalized spacial score (nSPS) is 12.5. The van der Waals surface area contributed by atoms with Crippen molar-refractivity contribution in [2.45, 2.75) is 17.9 Å². The number of benzene rings is 2. The Morgan fingerprint density at radius 2 is 1.81 bits per heavy atom. The van der Waals surface area contributed by atoms with Gasteiger partial charge in [0.1, 0.15) is 5.75 Å². The van der Waals surface area contributed by atoms with Gasteiger partial charge in [0.2, 0.25) is 0 Å². The van der Waals surface area contributed by atoms with E-state index >= 15 is 0 Å². The highest BCUT2D eigenvalue weighted by molar-refractivity contribution is 7.98. The van der Waals surface area contributed by atoms with Crippen LogP contribution in [0.1, 0.15) is 18.9 Å². The van der Waals surface area contributed by atoms with Crippen molar-refractivity contribution in [1.82, 2.24) is 9.55 Å². The van der Waals surface area contributed by atoms with Crippen LogP contribution in [0.3, 0.4) is 0 Å². The molecule has 0 aliphatic carbocycles. The van der Waals surface area contributed by atoms with E-state index in [4.69, 9.17) is 4.74 Å². The minimum Gasteiger partial charge on any atom is -0.483 e. The lowest BCUT2D eigenvalue weighted by Crippen LogP contribution is -2.09. The summed E-state index contributed by atoms with van der Waals surface area (Å²) in [5.74, 6) is 1.80. The molecule has 0 saturated heterocycles. The van der Waals surface area contributed by atoms with Gasteiger partial charge in [0.25, 0.3) is 0 Å². The number of thioether (sulfide) groups is 1. The Morgan fingerprint density at radius 1 is 1.10 bits per heavy atom. The molecule has 0 N–H and O–H groups in total. The molecule has 0 spiro atoms. The monoisotopic (exact) mass is 298 g/mol. The molecular weight excluding hydrogens is 280 g/mol. The number of hydrogen-bond acceptors (Lipinski definition) is 3. The number of fused-ring (bicyclic) bond motifs is 1. The first kappa shape index (κ1) is 14.0. The van der Waals surface area contributed by atoms with Crippen LogP contribution in [-0.2, 0) is 7.05 Å². The first-order valence-corrected chi connectivity index (χ1v) is 8.13. The van der Waals surface area contributed by atoms with Gasteiger partial charge in [0.15, 0.2) is 11.9 Å². The van der Waals surface area contributed by atoms with E-state index in [1.165, 1.54) is 4.90 Å². The molecule has 21 heavy (non-hydrogen) atoms. The van der Waals surface area contributed by atoms with Crippen LogP contribution in [0.15, 0.2) is 53.4 Å². The first-order valence-electron chi connectivity index (χ1n) is 6.91. The van der Waals surface area contributed by atoms with Gasteiger partial charge in [-0.25, -0.2) is 4.98 Å². The fraction of sp³-hybridized carbons (Fsp3) is 0.235. The van der Waals surface area contributed by atoms with Crippen LogP contribution < -0.4 is 4.74 Å². The van der Waals surface area contributed by atoms with Crippen molar-refractivity contribution in [3.05, 3.63) is 54.4 Å². The molecule has 1 unspecified atom stereocenters. The second kappa shape index (κ2) is 5.82. The van der Waals surface area contributed by atoms with Gasteiger partial charge in [-0.15, -0.1) is 11.8 Å². The summed E-state index contributed by atoms with van der Waals surface area (Å²) in [4.78, 5) is 5.91. The average molecular weight is 298 g/mol. The van der Waals surface area contributed by atoms with Gasteiger partial charge in [0.05, 0.1) is 11.0 Å². The number of rotatable bonds is 4. The smallest absolute Gasteiger partial charge is 0.153 e. The molecule has 0 bridgehead atoms. The van der Waals surface area contributed by atoms with Crippen molar-refractivity contribution in [2.24, 2.45) is 7.05 Å². The summed E-state index contributed by atoms with van der Waals surface area (Å²) in [7, 11) is 2.03. The zero-order valence-corrected chi connectivity index (χ0v) is 13.2. The Balaban J connectivity index is 1.86. The SMILES string of the molecule is CSc1ccc(OC(C)c2nc3ccccc3n2C)cc1. The second-order valence-corrected chi connectivity index (χ2v) is 5.83. The molecular formula is C17H18N2OS. The first-order chi connectivity index (χ1) is 10.2. The third kappa shape index (κ3) is 2.76. The summed E-state index contributed by atoms with van der Waals surface area (Å²) in [5, 5.41) is 0. The van der Waals surface area contributed by atoms with Crippen molar-refractivity contribution < 1.29 is 4.74 Å². The summed E-state index contributed by atoms with van der Waals surface area (Å²) in [6.07, 6.45) is 1.97. The number of aromatic nitrogens is 2. The fourth-order valence-electron chi connectivity index (χ4n) is 2.44. The van der Waals surface area contributed by atoms with E-state index in [2.05, 4.69) is 34.0 Å². The van der Waals surface area contributed by atoms with E-state index < -0.39 is 0 Å². The van der Waals surface area contributed by atoms with Crippen molar-refractivity contribution >= 4 is 22.8 Å². The molecule has 0 radical (unpaired) electrons. The van der Waals surface area contributed by atoms with Gasteiger partial charge >= 0.3 is 0 Å². The third-order valence-electron chi connectivity index (χ3n) is 3.56. The van der Waals surface area contributed by atoms with E-state index in [1.807, 2.05) is 44.3 Å². The minimum absolute atomic E-state index is 0.0949. The lowest BCUT2D eigenvalue weighted by atomic mass is 10.3. The van der Waals surface area contributed by atoms with E-state index in [9.17, 15) is 0 Å². The summed E-state index contributed by atoms with van der Waals surface area (Å²) in [6, 6.07) is 16.3. The highest BCUT2D eigenvalue weighted by atomic mass is 32.2. The molecule has 3 rings (SSSR count). The average Bonchev–Trinajstić information content (AvgIpc) is 2.86. The van der Waals surface area contributed by atoms with E-state index in [0.717, 1.165) is 22.6 Å². The molecule has 0 aliphatic rings. The van der Waals surface area contributed by atoms with Crippen molar-refractivity contribution in [1.29, 1.82) is 0 Å². The molecule has 0 saturated carbocycles. The number of aryl methyl sites for hydroxylation is 1. The molecule has 108 valence electrons. The van der Waals surface area contributed by atoms with Crippen LogP contribution in [0.5, 0.6) is 5.75 Å². The molecule has 1 heterocycles. The highest BCUT2D eigenvalue weighted by Crippen LogP contribution is 2.25. The predicted octanol–water partition coefficient (Wildman–Crippen LogP) is 4.44. The molecule has 0 aliphatic heterocycles. The Morgan fingerprint density at radius 3 is 2.48 bits per heavy atom. The number of ether oxygens (including phenoxy) is 1. The predicted molar refractivity (Wildman–Crippen MR) is 88.0 cm³/mol. The maximum Gasteiger partial charge on any atom is 0.153 e. The Bertz CT molecular complexity index is 749. The van der Waals surface area contributed by atoms with Crippen molar-refractivity contribution in [3.63, 3.8) is 0 Å². The van der Waals surface area contributed by atoms with E-state index in [0.29, 0.717) is 0 Å². The lowest BCUT2D eigenvalue weighted by molar-refractivity contribution is 0.213. The second-order valence-electron chi connectivity index (χ2n) is 4.95. The van der Waals surface area contributed by atoms with Crippen LogP contribution in [0, 0.1) is 0 Å². The van der Waals surface area contributed by atoms with Crippen LogP contribution in [0.2, 0.25) is 0 Å². The number of imidazole rings is 1. The molecule has 1 atom stereocenters. The molecule has 2 aromatic carbocycles. The summed E-state index contributed by atoms with van der Waals surface area (Å²) in [6.45, 7) is 2.03. The largest absolute Gasteiger partial charge is 0.483 e.